The molecule has 0 atom stereocenters. The minimum Gasteiger partial charge on any atom is -0.264 e. The van der Waals surface area contributed by atoms with Gasteiger partial charge in [-0.15, -0.1) is 0 Å². The number of halogens is 3. The first-order valence-electron chi connectivity index (χ1n) is 3.38. The van der Waals surface area contributed by atoms with Crippen LogP contribution in [-0.2, 0) is 0 Å². The summed E-state index contributed by atoms with van der Waals surface area (Å²) < 4.78 is 26.0. The highest BCUT2D eigenvalue weighted by atomic mass is 79.9. The van der Waals surface area contributed by atoms with Gasteiger partial charge in [-0.2, -0.15) is 0 Å². The first-order chi connectivity index (χ1) is 6.11. The highest BCUT2D eigenvalue weighted by molar-refractivity contribution is 9.10. The van der Waals surface area contributed by atoms with Crippen LogP contribution in [0, 0.1) is 11.6 Å². The van der Waals surface area contributed by atoms with Gasteiger partial charge >= 0.3 is 0 Å². The van der Waals surface area contributed by atoms with Gasteiger partial charge in [0.25, 0.3) is 0 Å². The van der Waals surface area contributed by atoms with Crippen molar-refractivity contribution in [1.29, 1.82) is 0 Å². The van der Waals surface area contributed by atoms with Gasteiger partial charge in [-0.25, -0.2) is 8.78 Å². The highest BCUT2D eigenvalue weighted by Gasteiger charge is 2.13. The lowest BCUT2D eigenvalue weighted by atomic mass is 10.1. The zero-order chi connectivity index (χ0) is 10.0. The van der Waals surface area contributed by atoms with E-state index < -0.39 is 11.6 Å². The second kappa shape index (κ2) is 3.79. The first-order valence-corrected chi connectivity index (χ1v) is 4.17. The van der Waals surface area contributed by atoms with Crippen molar-refractivity contribution >= 4 is 34.4 Å². The average molecular weight is 246 g/mol. The molecular formula is C9H6BrF2N. The van der Waals surface area contributed by atoms with Crippen LogP contribution < -0.4 is 0 Å². The van der Waals surface area contributed by atoms with Crippen LogP contribution in [0.3, 0.4) is 0 Å². The predicted octanol–water partition coefficient (Wildman–Crippen LogP) is 3.70. The predicted molar refractivity (Wildman–Crippen MR) is 53.4 cm³/mol. The number of hydrogen-bond donors (Lipinski definition) is 0. The molecule has 0 aromatic heterocycles. The zero-order valence-corrected chi connectivity index (χ0v) is 8.24. The highest BCUT2D eigenvalue weighted by Crippen LogP contribution is 2.31. The van der Waals surface area contributed by atoms with Crippen LogP contribution in [0.15, 0.2) is 22.1 Å². The maximum atomic E-state index is 13.3. The molecule has 4 heteroatoms. The van der Waals surface area contributed by atoms with Crippen LogP contribution in [0.4, 0.5) is 14.5 Å². The quantitative estimate of drug-likeness (QED) is 0.557. The zero-order valence-electron chi connectivity index (χ0n) is 6.65. The third-order valence-electron chi connectivity index (χ3n) is 1.55. The van der Waals surface area contributed by atoms with Crippen LogP contribution in [0.5, 0.6) is 0 Å². The second-order valence-corrected chi connectivity index (χ2v) is 3.07. The number of benzene rings is 1. The van der Waals surface area contributed by atoms with Gasteiger partial charge in [0.15, 0.2) is 0 Å². The Hall–Kier alpha value is -1.03. The standard InChI is InChI=1S/C9H6BrF2N/c1-3-5-7(13-2)4-6(11)8(10)9(5)12/h3-4H,1-2H2. The molecule has 0 N–H and O–H groups in total. The lowest BCUT2D eigenvalue weighted by Gasteiger charge is -2.04. The smallest absolute Gasteiger partial charge is 0.149 e. The molecule has 0 aliphatic carbocycles. The van der Waals surface area contributed by atoms with Gasteiger partial charge in [0.1, 0.15) is 11.6 Å². The molecule has 0 aliphatic rings. The van der Waals surface area contributed by atoms with Gasteiger partial charge in [0, 0.05) is 11.6 Å². The maximum Gasteiger partial charge on any atom is 0.149 e. The van der Waals surface area contributed by atoms with Crippen LogP contribution >= 0.6 is 15.9 Å². The molecule has 1 nitrogen and oxygen atoms in total. The summed E-state index contributed by atoms with van der Waals surface area (Å²) in [5, 5.41) is 0. The molecule has 13 heavy (non-hydrogen) atoms. The third kappa shape index (κ3) is 1.67. The molecule has 0 fully saturated rings. The van der Waals surface area contributed by atoms with Crippen molar-refractivity contribution in [3.8, 4) is 0 Å². The van der Waals surface area contributed by atoms with E-state index in [9.17, 15) is 8.78 Å². The fraction of sp³-hybridized carbons (Fsp3) is 0. The SMILES string of the molecule is C=Cc1c(N=C)cc(F)c(Br)c1F. The Morgan fingerprint density at radius 2 is 2.08 bits per heavy atom. The van der Waals surface area contributed by atoms with Crippen molar-refractivity contribution in [3.63, 3.8) is 0 Å². The minimum absolute atomic E-state index is 0.142. The number of aliphatic imine (C=N–C) groups is 1. The van der Waals surface area contributed by atoms with Crippen molar-refractivity contribution < 1.29 is 8.78 Å². The Labute approximate surface area is 82.9 Å². The number of nitrogens with zero attached hydrogens (tertiary/aromatic N) is 1. The Kier molecular flexibility index (Phi) is 2.93. The summed E-state index contributed by atoms with van der Waals surface area (Å²) in [5.41, 5.74) is 0.288. The normalized spacial score (nSPS) is 9.77. The maximum absolute atomic E-state index is 13.3. The van der Waals surface area contributed by atoms with Crippen LogP contribution in [-0.4, -0.2) is 6.72 Å². The van der Waals surface area contributed by atoms with Crippen molar-refractivity contribution in [1.82, 2.24) is 0 Å². The van der Waals surface area contributed by atoms with E-state index in [0.717, 1.165) is 6.07 Å². The largest absolute Gasteiger partial charge is 0.264 e. The number of rotatable bonds is 2. The molecule has 0 aliphatic heterocycles. The lowest BCUT2D eigenvalue weighted by molar-refractivity contribution is 0.571. The van der Waals surface area contributed by atoms with Crippen LogP contribution in [0.1, 0.15) is 5.56 Å². The van der Waals surface area contributed by atoms with Gasteiger partial charge in [0.2, 0.25) is 0 Å². The molecule has 68 valence electrons. The molecule has 0 radical (unpaired) electrons. The summed E-state index contributed by atoms with van der Waals surface area (Å²) in [6.45, 7) is 6.61. The van der Waals surface area contributed by atoms with Crippen molar-refractivity contribution in [2.24, 2.45) is 4.99 Å². The third-order valence-corrected chi connectivity index (χ3v) is 2.28. The van der Waals surface area contributed by atoms with Crippen molar-refractivity contribution in [2.75, 3.05) is 0 Å². The van der Waals surface area contributed by atoms with E-state index in [1.165, 1.54) is 6.08 Å². The average Bonchev–Trinajstić information content (AvgIpc) is 2.13. The fourth-order valence-corrected chi connectivity index (χ4v) is 1.25. The molecule has 0 bridgehead atoms. The lowest BCUT2D eigenvalue weighted by Crippen LogP contribution is -1.89. The van der Waals surface area contributed by atoms with Gasteiger partial charge in [-0.1, -0.05) is 12.7 Å². The Bertz CT molecular complexity index is 374. The molecule has 1 aromatic carbocycles. The molecule has 0 saturated carbocycles. The van der Waals surface area contributed by atoms with Gasteiger partial charge in [0.05, 0.1) is 10.2 Å². The molecular weight excluding hydrogens is 240 g/mol. The van der Waals surface area contributed by atoms with E-state index in [0.29, 0.717) is 0 Å². The van der Waals surface area contributed by atoms with Crippen LogP contribution in [0.25, 0.3) is 6.08 Å². The first kappa shape index (κ1) is 10.1. The summed E-state index contributed by atoms with van der Waals surface area (Å²) in [6.07, 6.45) is 1.27. The van der Waals surface area contributed by atoms with Gasteiger partial charge in [-0.05, 0) is 22.6 Å². The molecule has 0 amide bonds. The summed E-state index contributed by atoms with van der Waals surface area (Å²) in [4.78, 5) is 3.48. The van der Waals surface area contributed by atoms with Crippen LogP contribution in [0.2, 0.25) is 0 Å². The monoisotopic (exact) mass is 245 g/mol. The molecule has 1 aromatic rings. The van der Waals surface area contributed by atoms with Crippen molar-refractivity contribution in [2.45, 2.75) is 0 Å². The molecule has 0 saturated heterocycles. The Balaban J connectivity index is 3.56. The second-order valence-electron chi connectivity index (χ2n) is 2.28. The summed E-state index contributed by atoms with van der Waals surface area (Å²) in [6, 6.07) is 1.09. The molecule has 0 unspecified atom stereocenters. The van der Waals surface area contributed by atoms with E-state index in [1.54, 1.807) is 0 Å². The van der Waals surface area contributed by atoms with Crippen molar-refractivity contribution in [3.05, 3.63) is 34.3 Å². The van der Waals surface area contributed by atoms with E-state index >= 15 is 0 Å². The van der Waals surface area contributed by atoms with E-state index in [-0.39, 0.29) is 15.7 Å². The van der Waals surface area contributed by atoms with Gasteiger partial charge in [-0.3, -0.25) is 4.99 Å². The molecule has 0 heterocycles. The summed E-state index contributed by atoms with van der Waals surface area (Å²) in [7, 11) is 0. The van der Waals surface area contributed by atoms with E-state index in [2.05, 4.69) is 34.2 Å². The molecule has 0 spiro atoms. The van der Waals surface area contributed by atoms with Gasteiger partial charge < -0.3 is 0 Å². The topological polar surface area (TPSA) is 12.4 Å². The summed E-state index contributed by atoms with van der Waals surface area (Å²) >= 11 is 2.77. The van der Waals surface area contributed by atoms with E-state index in [1.807, 2.05) is 0 Å². The summed E-state index contributed by atoms with van der Waals surface area (Å²) in [5.74, 6) is -1.41. The minimum atomic E-state index is -0.711. The Morgan fingerprint density at radius 3 is 2.54 bits per heavy atom. The Morgan fingerprint density at radius 1 is 1.46 bits per heavy atom. The number of hydrogen-bond acceptors (Lipinski definition) is 1. The van der Waals surface area contributed by atoms with E-state index in [4.69, 9.17) is 0 Å². The fourth-order valence-electron chi connectivity index (χ4n) is 0.922. The molecule has 1 rings (SSSR count).